The zero-order valence-electron chi connectivity index (χ0n) is 33.6. The highest BCUT2D eigenvalue weighted by molar-refractivity contribution is 7.09. The van der Waals surface area contributed by atoms with Crippen LogP contribution in [-0.4, -0.2) is 86.7 Å². The summed E-state index contributed by atoms with van der Waals surface area (Å²) < 4.78 is 18.4. The van der Waals surface area contributed by atoms with E-state index in [-0.39, 0.29) is 62.7 Å². The smallest absolute Gasteiger partial charge is 0.310 e. The molecule has 0 radical (unpaired) electrons. The topological polar surface area (TPSA) is 165 Å². The molecule has 3 heterocycles. The molecule has 12 nitrogen and oxygen atoms in total. The maximum atomic E-state index is 14.8. The minimum absolute atomic E-state index is 0.0554. The van der Waals surface area contributed by atoms with Gasteiger partial charge in [0.05, 0.1) is 58.9 Å². The fourth-order valence-corrected chi connectivity index (χ4v) is 9.86. The van der Waals surface area contributed by atoms with E-state index in [2.05, 4.69) is 20.4 Å². The number of esters is 1. The number of carboxylic acids is 1. The molecule has 3 saturated carbocycles. The van der Waals surface area contributed by atoms with Crippen molar-refractivity contribution in [2.24, 2.45) is 40.4 Å². The number of amides is 1. The molecule has 2 N–H and O–H groups in total. The van der Waals surface area contributed by atoms with Gasteiger partial charge in [0, 0.05) is 42.2 Å². The van der Waals surface area contributed by atoms with E-state index in [0.29, 0.717) is 58.0 Å². The highest BCUT2D eigenvalue weighted by Gasteiger charge is 2.61. The number of pyridine rings is 1. The van der Waals surface area contributed by atoms with E-state index >= 15 is 0 Å². The minimum Gasteiger partial charge on any atom is -0.491 e. The normalized spacial score (nSPS) is 26.9. The van der Waals surface area contributed by atoms with Crippen molar-refractivity contribution in [2.75, 3.05) is 19.8 Å². The number of hydrogen-bond donors (Lipinski definition) is 2. The second-order valence-electron chi connectivity index (χ2n) is 18.1. The molecule has 0 bridgehead atoms. The monoisotopic (exact) mass is 801 g/mol. The summed E-state index contributed by atoms with van der Waals surface area (Å²) in [5, 5.41) is 23.2. The van der Waals surface area contributed by atoms with Gasteiger partial charge in [-0.1, -0.05) is 40.7 Å². The van der Waals surface area contributed by atoms with Crippen molar-refractivity contribution in [3.05, 3.63) is 47.3 Å². The maximum absolute atomic E-state index is 14.8. The van der Waals surface area contributed by atoms with Crippen LogP contribution in [0.4, 0.5) is 0 Å². The Labute approximate surface area is 338 Å². The Morgan fingerprint density at radius 1 is 1.05 bits per heavy atom. The number of carboxylic acid groups (broad SMARTS) is 1. The first kappa shape index (κ1) is 40.8. The van der Waals surface area contributed by atoms with Crippen LogP contribution in [0, 0.1) is 40.4 Å². The lowest BCUT2D eigenvalue weighted by Gasteiger charge is -2.35. The molecule has 4 aliphatic rings. The molecule has 4 fully saturated rings. The summed E-state index contributed by atoms with van der Waals surface area (Å²) in [5.74, 6) is -0.610. The summed E-state index contributed by atoms with van der Waals surface area (Å²) in [7, 11) is 0. The molecule has 0 spiro atoms. The standard InChI is InChI=1S/C44H55N3O9S/c1-7-27-20-44(27,42(52)53)21-37(49)36-17-30(22-47(36)41(51)32(43(4,5)6)18-40(50)56-29-14-25-13-26(25)15-29)55-38-19-34(35-23-57-39(46-35)12-24(2)3)45-33-16-28(54-11-10-48)8-9-31(33)38/h7-9,16,19,23-27,29-30,32,36,48H,1,10-15,17-18,20-22H2,2-6H3,(H,52,53)/t25-,26+,27-,29?,30-,32-,36+,44-/m1/s1. The number of likely N-dealkylation sites (tertiary alicyclic amines) is 1. The number of aromatic nitrogens is 2. The van der Waals surface area contributed by atoms with E-state index in [1.807, 2.05) is 38.3 Å². The molecule has 8 atom stereocenters. The number of Topliss-reactive ketones (excluding diaryl/α,β-unsaturated/α-hetero) is 1. The summed E-state index contributed by atoms with van der Waals surface area (Å²) in [6, 6.07) is 6.24. The van der Waals surface area contributed by atoms with Gasteiger partial charge in [-0.3, -0.25) is 19.2 Å². The number of rotatable bonds is 17. The van der Waals surface area contributed by atoms with Gasteiger partial charge < -0.3 is 29.3 Å². The maximum Gasteiger partial charge on any atom is 0.310 e. The predicted molar refractivity (Wildman–Crippen MR) is 215 cm³/mol. The van der Waals surface area contributed by atoms with E-state index < -0.39 is 40.8 Å². The molecule has 3 aliphatic carbocycles. The Morgan fingerprint density at radius 3 is 2.46 bits per heavy atom. The average Bonchev–Trinajstić information content (AvgIpc) is 3.82. The molecule has 3 aromatic rings. The first-order valence-electron chi connectivity index (χ1n) is 20.3. The summed E-state index contributed by atoms with van der Waals surface area (Å²) >= 11 is 1.56. The predicted octanol–water partition coefficient (Wildman–Crippen LogP) is 6.91. The number of aliphatic hydroxyl groups excluding tert-OH is 1. The summed E-state index contributed by atoms with van der Waals surface area (Å²) in [4.78, 5) is 66.2. The molecular formula is C44H55N3O9S. The Kier molecular flexibility index (Phi) is 11.5. The van der Waals surface area contributed by atoms with Crippen LogP contribution in [0.25, 0.3) is 22.3 Å². The third-order valence-electron chi connectivity index (χ3n) is 12.3. The van der Waals surface area contributed by atoms with Crippen LogP contribution >= 0.6 is 11.3 Å². The molecule has 7 rings (SSSR count). The number of carbonyl (C=O) groups excluding carboxylic acids is 3. The van der Waals surface area contributed by atoms with Gasteiger partial charge in [-0.05, 0) is 66.9 Å². The summed E-state index contributed by atoms with van der Waals surface area (Å²) in [5.41, 5.74) is -0.0554. The SMILES string of the molecule is C=C[C@@H]1C[C@]1(CC(=O)[C@@H]1C[C@@H](Oc2cc(-c3csc(CC(C)C)n3)nc3cc(OCCO)ccc23)CN1C(=O)[C@@H](CC(=O)OC1C[C@@H]2C[C@@H]2C1)C(C)(C)C)C(=O)O. The third kappa shape index (κ3) is 8.89. The van der Waals surface area contributed by atoms with Gasteiger partial charge in [-0.2, -0.15) is 0 Å². The number of aliphatic hydroxyl groups is 1. The molecule has 2 aromatic heterocycles. The number of carbonyl (C=O) groups is 4. The lowest BCUT2D eigenvalue weighted by molar-refractivity contribution is -0.157. The number of thiazole rings is 1. The summed E-state index contributed by atoms with van der Waals surface area (Å²) in [6.07, 6.45) is 4.65. The van der Waals surface area contributed by atoms with Crippen molar-refractivity contribution in [3.63, 3.8) is 0 Å². The molecule has 57 heavy (non-hydrogen) atoms. The van der Waals surface area contributed by atoms with Gasteiger partial charge in [0.2, 0.25) is 5.91 Å². The zero-order valence-corrected chi connectivity index (χ0v) is 34.4. The summed E-state index contributed by atoms with van der Waals surface area (Å²) in [6.45, 7) is 13.8. The fourth-order valence-electron chi connectivity index (χ4n) is 8.86. The number of allylic oxidation sites excluding steroid dienone is 1. The van der Waals surface area contributed by atoms with Crippen LogP contribution in [0.3, 0.4) is 0 Å². The second-order valence-corrected chi connectivity index (χ2v) is 19.0. The first-order chi connectivity index (χ1) is 27.1. The van der Waals surface area contributed by atoms with E-state index in [1.54, 1.807) is 29.5 Å². The molecule has 306 valence electrons. The van der Waals surface area contributed by atoms with Crippen LogP contribution in [0.1, 0.15) is 84.6 Å². The highest BCUT2D eigenvalue weighted by atomic mass is 32.1. The number of nitrogens with zero attached hydrogens (tertiary/aromatic N) is 3. The average molecular weight is 802 g/mol. The lowest BCUT2D eigenvalue weighted by Crippen LogP contribution is -2.48. The van der Waals surface area contributed by atoms with Gasteiger partial charge >= 0.3 is 11.9 Å². The van der Waals surface area contributed by atoms with Crippen molar-refractivity contribution in [1.29, 1.82) is 0 Å². The Morgan fingerprint density at radius 2 is 1.81 bits per heavy atom. The molecule has 1 aromatic carbocycles. The second kappa shape index (κ2) is 16.1. The molecule has 1 saturated heterocycles. The molecule has 1 amide bonds. The quantitative estimate of drug-likeness (QED) is 0.108. The Bertz CT molecular complexity index is 2030. The first-order valence-corrected chi connectivity index (χ1v) is 21.1. The Balaban J connectivity index is 1.19. The zero-order chi connectivity index (χ0) is 40.8. The van der Waals surface area contributed by atoms with Crippen molar-refractivity contribution in [3.8, 4) is 22.9 Å². The van der Waals surface area contributed by atoms with Crippen molar-refractivity contribution < 1.29 is 43.6 Å². The molecular weight excluding hydrogens is 747 g/mol. The van der Waals surface area contributed by atoms with Gasteiger partial charge in [0.25, 0.3) is 0 Å². The lowest BCUT2D eigenvalue weighted by atomic mass is 9.77. The minimum atomic E-state index is -1.25. The molecule has 13 heteroatoms. The van der Waals surface area contributed by atoms with E-state index in [0.717, 1.165) is 24.3 Å². The van der Waals surface area contributed by atoms with Gasteiger partial charge in [0.1, 0.15) is 30.3 Å². The molecule has 1 unspecified atom stereocenters. The number of ether oxygens (including phenoxy) is 3. The van der Waals surface area contributed by atoms with Crippen molar-refractivity contribution in [1.82, 2.24) is 14.9 Å². The van der Waals surface area contributed by atoms with Gasteiger partial charge in [-0.15, -0.1) is 17.9 Å². The highest BCUT2D eigenvalue weighted by Crippen LogP contribution is 2.57. The number of benzene rings is 1. The number of fused-ring (bicyclic) bond motifs is 2. The van der Waals surface area contributed by atoms with Gasteiger partial charge in [-0.25, -0.2) is 9.97 Å². The van der Waals surface area contributed by atoms with E-state index in [9.17, 15) is 29.4 Å². The fraction of sp³-hybridized carbons (Fsp3) is 0.591. The van der Waals surface area contributed by atoms with E-state index in [4.69, 9.17) is 24.2 Å². The van der Waals surface area contributed by atoms with Crippen LogP contribution in [0.2, 0.25) is 0 Å². The number of hydrogen-bond acceptors (Lipinski definition) is 11. The largest absolute Gasteiger partial charge is 0.491 e. The third-order valence-corrected chi connectivity index (χ3v) is 13.1. The number of aliphatic carboxylic acids is 1. The Hall–Kier alpha value is -4.36. The van der Waals surface area contributed by atoms with Crippen LogP contribution < -0.4 is 9.47 Å². The van der Waals surface area contributed by atoms with E-state index in [1.165, 1.54) is 11.3 Å². The van der Waals surface area contributed by atoms with Gasteiger partial charge in [0.15, 0.2) is 5.78 Å². The van der Waals surface area contributed by atoms with Crippen molar-refractivity contribution >= 4 is 45.9 Å². The number of ketones is 1. The van der Waals surface area contributed by atoms with Crippen LogP contribution in [0.5, 0.6) is 11.5 Å². The molecule has 1 aliphatic heterocycles. The van der Waals surface area contributed by atoms with Crippen molar-refractivity contribution in [2.45, 2.75) is 104 Å². The van der Waals surface area contributed by atoms with Crippen LogP contribution in [-0.2, 0) is 30.3 Å². The van der Waals surface area contributed by atoms with Crippen LogP contribution in [0.15, 0.2) is 42.3 Å².